The number of benzene rings is 2. The van der Waals surface area contributed by atoms with Gasteiger partial charge in [0, 0.05) is 11.5 Å². The van der Waals surface area contributed by atoms with Crippen LogP contribution in [0, 0.1) is 12.8 Å². The van der Waals surface area contributed by atoms with Gasteiger partial charge in [0.25, 0.3) is 0 Å². The first kappa shape index (κ1) is 25.2. The zero-order valence-corrected chi connectivity index (χ0v) is 21.1. The number of ether oxygens (including phenoxy) is 3. The monoisotopic (exact) mass is 468 g/mol. The molecule has 1 atom stereocenters. The highest BCUT2D eigenvalue weighted by Gasteiger charge is 2.14. The van der Waals surface area contributed by atoms with E-state index in [1.54, 1.807) is 18.9 Å². The highest BCUT2D eigenvalue weighted by molar-refractivity contribution is 7.99. The quantitative estimate of drug-likeness (QED) is 0.275. The molecule has 0 saturated carbocycles. The van der Waals surface area contributed by atoms with Crippen molar-refractivity contribution in [3.63, 3.8) is 0 Å². The molecular formula is C28H36O4S. The second-order valence-corrected chi connectivity index (χ2v) is 9.73. The number of allylic oxidation sites excluding steroid dienone is 1. The predicted molar refractivity (Wildman–Crippen MR) is 138 cm³/mol. The molecule has 1 aliphatic carbocycles. The molecule has 0 spiro atoms. The van der Waals surface area contributed by atoms with E-state index in [4.69, 9.17) is 14.2 Å². The largest absolute Gasteiger partial charge is 0.497 e. The Kier molecular flexibility index (Phi) is 9.74. The van der Waals surface area contributed by atoms with Gasteiger partial charge in [-0.2, -0.15) is 11.8 Å². The van der Waals surface area contributed by atoms with Crippen LogP contribution in [-0.4, -0.2) is 37.8 Å². The summed E-state index contributed by atoms with van der Waals surface area (Å²) in [6, 6.07) is 12.8. The predicted octanol–water partition coefficient (Wildman–Crippen LogP) is 6.58. The molecule has 2 aromatic rings. The second kappa shape index (κ2) is 12.7. The van der Waals surface area contributed by atoms with Crippen LogP contribution in [0.1, 0.15) is 55.4 Å². The van der Waals surface area contributed by atoms with E-state index in [0.29, 0.717) is 13.2 Å². The van der Waals surface area contributed by atoms with Crippen molar-refractivity contribution in [1.29, 1.82) is 0 Å². The average molecular weight is 469 g/mol. The van der Waals surface area contributed by atoms with Crippen molar-refractivity contribution in [1.82, 2.24) is 0 Å². The molecular weight excluding hydrogens is 432 g/mol. The van der Waals surface area contributed by atoms with Crippen LogP contribution in [-0.2, 0) is 16.0 Å². The fraction of sp³-hybridized carbons (Fsp3) is 0.464. The molecule has 0 amide bonds. The fourth-order valence-electron chi connectivity index (χ4n) is 3.92. The topological polar surface area (TPSA) is 44.8 Å². The van der Waals surface area contributed by atoms with Gasteiger partial charge >= 0.3 is 5.97 Å². The maximum Gasteiger partial charge on any atom is 0.308 e. The van der Waals surface area contributed by atoms with Crippen molar-refractivity contribution in [2.45, 2.75) is 46.5 Å². The van der Waals surface area contributed by atoms with Crippen molar-refractivity contribution < 1.29 is 19.0 Å². The number of fused-ring (bicyclic) bond motifs is 1. The molecule has 0 radical (unpaired) electrons. The number of carbonyl (C=O) groups is 1. The van der Waals surface area contributed by atoms with Crippen LogP contribution in [0.15, 0.2) is 36.4 Å². The molecule has 0 saturated heterocycles. The van der Waals surface area contributed by atoms with Crippen molar-refractivity contribution >= 4 is 29.4 Å². The lowest BCUT2D eigenvalue weighted by atomic mass is 9.96. The average Bonchev–Trinajstić information content (AvgIpc) is 3.04. The van der Waals surface area contributed by atoms with E-state index in [1.807, 2.05) is 19.9 Å². The minimum absolute atomic E-state index is 0.0160. The number of rotatable bonds is 11. The zero-order chi connectivity index (χ0) is 23.6. The van der Waals surface area contributed by atoms with Gasteiger partial charge < -0.3 is 14.2 Å². The number of carbonyl (C=O) groups excluding carboxylic acids is 1. The summed E-state index contributed by atoms with van der Waals surface area (Å²) in [5.41, 5.74) is 6.56. The van der Waals surface area contributed by atoms with Crippen LogP contribution in [0.25, 0.3) is 11.6 Å². The number of aryl methyl sites for hydroxylation is 2. The molecule has 0 aromatic heterocycles. The SMILES string of the molecule is CCC(C)C(=O)OCCSCCOc1ccc2c(c1)CCCC(c1ccc(OC)cc1C)=C2. The number of hydrogen-bond donors (Lipinski definition) is 0. The maximum absolute atomic E-state index is 11.7. The van der Waals surface area contributed by atoms with Crippen molar-refractivity contribution in [2.75, 3.05) is 31.8 Å². The first-order chi connectivity index (χ1) is 16.0. The van der Waals surface area contributed by atoms with Gasteiger partial charge in [-0.3, -0.25) is 4.79 Å². The Hall–Kier alpha value is -2.40. The van der Waals surface area contributed by atoms with Gasteiger partial charge in [0.1, 0.15) is 18.1 Å². The first-order valence-electron chi connectivity index (χ1n) is 11.9. The molecule has 1 aliphatic rings. The molecule has 1 unspecified atom stereocenters. The summed E-state index contributed by atoms with van der Waals surface area (Å²) >= 11 is 1.75. The molecule has 2 aromatic carbocycles. The summed E-state index contributed by atoms with van der Waals surface area (Å²) in [7, 11) is 1.71. The third kappa shape index (κ3) is 7.29. The van der Waals surface area contributed by atoms with Crippen LogP contribution < -0.4 is 9.47 Å². The Morgan fingerprint density at radius 3 is 2.61 bits per heavy atom. The smallest absolute Gasteiger partial charge is 0.308 e. The van der Waals surface area contributed by atoms with Crippen LogP contribution in [0.4, 0.5) is 0 Å². The van der Waals surface area contributed by atoms with Crippen molar-refractivity contribution in [3.8, 4) is 11.5 Å². The second-order valence-electron chi connectivity index (χ2n) is 8.50. The van der Waals surface area contributed by atoms with Gasteiger partial charge in [-0.25, -0.2) is 0 Å². The van der Waals surface area contributed by atoms with E-state index < -0.39 is 0 Å². The van der Waals surface area contributed by atoms with Gasteiger partial charge in [-0.15, -0.1) is 0 Å². The lowest BCUT2D eigenvalue weighted by molar-refractivity contribution is -0.147. The minimum Gasteiger partial charge on any atom is -0.497 e. The van der Waals surface area contributed by atoms with Gasteiger partial charge in [0.05, 0.1) is 19.6 Å². The fourth-order valence-corrected chi connectivity index (χ4v) is 4.53. The Labute approximate surface area is 202 Å². The van der Waals surface area contributed by atoms with E-state index in [-0.39, 0.29) is 11.9 Å². The van der Waals surface area contributed by atoms with Crippen LogP contribution >= 0.6 is 11.8 Å². The molecule has 3 rings (SSSR count). The highest BCUT2D eigenvalue weighted by Crippen LogP contribution is 2.33. The lowest BCUT2D eigenvalue weighted by Crippen LogP contribution is -2.15. The lowest BCUT2D eigenvalue weighted by Gasteiger charge is -2.11. The van der Waals surface area contributed by atoms with Crippen LogP contribution in [0.2, 0.25) is 0 Å². The summed E-state index contributed by atoms with van der Waals surface area (Å²) < 4.78 is 16.6. The van der Waals surface area contributed by atoms with Gasteiger partial charge in [0.2, 0.25) is 0 Å². The zero-order valence-electron chi connectivity index (χ0n) is 20.3. The molecule has 0 N–H and O–H groups in total. The summed E-state index contributed by atoms with van der Waals surface area (Å²) in [5.74, 6) is 3.39. The normalized spacial score (nSPS) is 14.0. The van der Waals surface area contributed by atoms with Gasteiger partial charge in [0.15, 0.2) is 0 Å². The van der Waals surface area contributed by atoms with E-state index in [0.717, 1.165) is 48.7 Å². The van der Waals surface area contributed by atoms with Crippen LogP contribution in [0.5, 0.6) is 11.5 Å². The number of hydrogen-bond acceptors (Lipinski definition) is 5. The standard InChI is InChI=1S/C28H36O4S/c1-5-20(2)28(29)32-14-16-33-15-13-31-26-10-9-23-18-24(8-6-7-22(23)19-26)27-12-11-25(30-4)17-21(27)3/h9-12,17-20H,5-8,13-16H2,1-4H3. The molecule has 4 nitrogen and oxygen atoms in total. The van der Waals surface area contributed by atoms with E-state index >= 15 is 0 Å². The summed E-state index contributed by atoms with van der Waals surface area (Å²) in [6.45, 7) is 7.16. The molecule has 0 fully saturated rings. The Balaban J connectivity index is 1.50. The van der Waals surface area contributed by atoms with E-state index in [1.165, 1.54) is 27.8 Å². The van der Waals surface area contributed by atoms with Gasteiger partial charge in [-0.1, -0.05) is 32.1 Å². The molecule has 33 heavy (non-hydrogen) atoms. The molecule has 178 valence electrons. The van der Waals surface area contributed by atoms with Crippen molar-refractivity contribution in [3.05, 3.63) is 58.7 Å². The number of thioether (sulfide) groups is 1. The Morgan fingerprint density at radius 2 is 1.85 bits per heavy atom. The molecule has 0 bridgehead atoms. The summed E-state index contributed by atoms with van der Waals surface area (Å²) in [4.78, 5) is 11.7. The Bertz CT molecular complexity index is 966. The molecule has 0 aliphatic heterocycles. The molecule has 0 heterocycles. The minimum atomic E-state index is -0.0984. The Morgan fingerprint density at radius 1 is 1.06 bits per heavy atom. The third-order valence-corrected chi connectivity index (χ3v) is 7.01. The summed E-state index contributed by atoms with van der Waals surface area (Å²) in [6.07, 6.45) is 6.39. The third-order valence-electron chi connectivity index (χ3n) is 6.10. The number of esters is 1. The van der Waals surface area contributed by atoms with Crippen LogP contribution in [0.3, 0.4) is 0 Å². The van der Waals surface area contributed by atoms with Crippen molar-refractivity contribution in [2.24, 2.45) is 5.92 Å². The number of methoxy groups -OCH3 is 1. The van der Waals surface area contributed by atoms with E-state index in [9.17, 15) is 4.79 Å². The molecule has 5 heteroatoms. The maximum atomic E-state index is 11.7. The van der Waals surface area contributed by atoms with E-state index in [2.05, 4.69) is 43.3 Å². The first-order valence-corrected chi connectivity index (χ1v) is 13.0. The van der Waals surface area contributed by atoms with Gasteiger partial charge in [-0.05, 0) is 84.7 Å². The summed E-state index contributed by atoms with van der Waals surface area (Å²) in [5, 5.41) is 0. The highest BCUT2D eigenvalue weighted by atomic mass is 32.2.